The van der Waals surface area contributed by atoms with Crippen LogP contribution in [0, 0.1) is 0 Å². The van der Waals surface area contributed by atoms with Gasteiger partial charge in [0.25, 0.3) is 5.91 Å². The van der Waals surface area contributed by atoms with Crippen LogP contribution in [0.2, 0.25) is 5.02 Å². The number of nitrogen functional groups attached to an aromatic ring is 1. The maximum absolute atomic E-state index is 11.9. The fourth-order valence-electron chi connectivity index (χ4n) is 1.68. The quantitative estimate of drug-likeness (QED) is 0.878. The number of amides is 1. The van der Waals surface area contributed by atoms with E-state index in [4.69, 9.17) is 17.3 Å². The highest BCUT2D eigenvalue weighted by Crippen LogP contribution is 2.36. The van der Waals surface area contributed by atoms with Gasteiger partial charge in [-0.1, -0.05) is 35.5 Å². The molecule has 0 bridgehead atoms. The van der Waals surface area contributed by atoms with E-state index < -0.39 is 0 Å². The molecule has 0 atom stereocenters. The van der Waals surface area contributed by atoms with E-state index in [1.54, 1.807) is 26.2 Å². The second-order valence-electron chi connectivity index (χ2n) is 4.48. The smallest absolute Gasteiger partial charge is 0.253 e. The lowest BCUT2D eigenvalue weighted by Crippen LogP contribution is -2.21. The minimum Gasteiger partial charge on any atom is -0.398 e. The molecule has 2 aromatic rings. The zero-order valence-electron chi connectivity index (χ0n) is 11.3. The van der Waals surface area contributed by atoms with Gasteiger partial charge in [-0.15, -0.1) is 0 Å². The fraction of sp³-hybridized carbons (Fsp3) is 0.133. The Labute approximate surface area is 127 Å². The van der Waals surface area contributed by atoms with E-state index in [2.05, 4.69) is 0 Å². The van der Waals surface area contributed by atoms with Crippen molar-refractivity contribution in [1.82, 2.24) is 4.90 Å². The van der Waals surface area contributed by atoms with Gasteiger partial charge in [0.2, 0.25) is 0 Å². The number of benzene rings is 2. The number of rotatable bonds is 3. The summed E-state index contributed by atoms with van der Waals surface area (Å²) in [7, 11) is 3.43. The van der Waals surface area contributed by atoms with Crippen LogP contribution in [0.25, 0.3) is 0 Å². The standard InChI is InChI=1S/C15H15ClN2OS/c1-18(2)15(19)10-7-8-14(12(17)9-10)20-13-6-4-3-5-11(13)16/h3-9H,17H2,1-2H3. The summed E-state index contributed by atoms with van der Waals surface area (Å²) >= 11 is 7.62. The molecule has 0 unspecified atom stereocenters. The zero-order valence-corrected chi connectivity index (χ0v) is 12.8. The summed E-state index contributed by atoms with van der Waals surface area (Å²) in [4.78, 5) is 15.2. The van der Waals surface area contributed by atoms with Gasteiger partial charge in [-0.05, 0) is 30.3 Å². The summed E-state index contributed by atoms with van der Waals surface area (Å²) in [5.41, 5.74) is 7.17. The van der Waals surface area contributed by atoms with Gasteiger partial charge in [-0.3, -0.25) is 4.79 Å². The van der Waals surface area contributed by atoms with Gasteiger partial charge >= 0.3 is 0 Å². The monoisotopic (exact) mass is 306 g/mol. The molecular formula is C15H15ClN2OS. The molecule has 0 saturated heterocycles. The lowest BCUT2D eigenvalue weighted by molar-refractivity contribution is 0.0827. The van der Waals surface area contributed by atoms with E-state index in [9.17, 15) is 4.79 Å². The summed E-state index contributed by atoms with van der Waals surface area (Å²) in [6, 6.07) is 12.9. The number of nitrogens with zero attached hydrogens (tertiary/aromatic N) is 1. The molecule has 0 aliphatic carbocycles. The van der Waals surface area contributed by atoms with Crippen LogP contribution in [0.1, 0.15) is 10.4 Å². The van der Waals surface area contributed by atoms with Crippen molar-refractivity contribution < 1.29 is 4.79 Å². The van der Waals surface area contributed by atoms with Crippen LogP contribution < -0.4 is 5.73 Å². The summed E-state index contributed by atoms with van der Waals surface area (Å²) in [6.45, 7) is 0. The van der Waals surface area contributed by atoms with Crippen LogP contribution in [-0.2, 0) is 0 Å². The molecule has 2 N–H and O–H groups in total. The normalized spacial score (nSPS) is 10.3. The Kier molecular flexibility index (Phi) is 4.57. The SMILES string of the molecule is CN(C)C(=O)c1ccc(Sc2ccccc2Cl)c(N)c1. The molecule has 20 heavy (non-hydrogen) atoms. The van der Waals surface area contributed by atoms with Crippen LogP contribution in [0.5, 0.6) is 0 Å². The van der Waals surface area contributed by atoms with Gasteiger partial charge in [-0.2, -0.15) is 0 Å². The number of anilines is 1. The van der Waals surface area contributed by atoms with Crippen molar-refractivity contribution in [2.45, 2.75) is 9.79 Å². The molecule has 0 fully saturated rings. The van der Waals surface area contributed by atoms with Crippen molar-refractivity contribution in [2.24, 2.45) is 0 Å². The first-order valence-electron chi connectivity index (χ1n) is 6.02. The van der Waals surface area contributed by atoms with Crippen LogP contribution in [-0.4, -0.2) is 24.9 Å². The first kappa shape index (κ1) is 14.8. The van der Waals surface area contributed by atoms with Crippen molar-refractivity contribution in [3.05, 3.63) is 53.1 Å². The van der Waals surface area contributed by atoms with Crippen LogP contribution in [0.3, 0.4) is 0 Å². The van der Waals surface area contributed by atoms with Gasteiger partial charge in [0.15, 0.2) is 0 Å². The molecule has 0 saturated carbocycles. The molecule has 1 amide bonds. The van der Waals surface area contributed by atoms with Crippen molar-refractivity contribution in [3.8, 4) is 0 Å². The summed E-state index contributed by atoms with van der Waals surface area (Å²) in [5.74, 6) is -0.0639. The number of nitrogens with two attached hydrogens (primary N) is 1. The predicted octanol–water partition coefficient (Wildman–Crippen LogP) is 3.78. The first-order chi connectivity index (χ1) is 9.49. The maximum Gasteiger partial charge on any atom is 0.253 e. The van der Waals surface area contributed by atoms with Crippen LogP contribution >= 0.6 is 23.4 Å². The van der Waals surface area contributed by atoms with E-state index in [1.165, 1.54) is 16.7 Å². The number of halogens is 1. The van der Waals surface area contributed by atoms with Gasteiger partial charge in [0, 0.05) is 35.1 Å². The van der Waals surface area contributed by atoms with Crippen molar-refractivity contribution in [3.63, 3.8) is 0 Å². The van der Waals surface area contributed by atoms with Crippen molar-refractivity contribution in [1.29, 1.82) is 0 Å². The average molecular weight is 307 g/mol. The van der Waals surface area contributed by atoms with E-state index >= 15 is 0 Å². The molecule has 0 aliphatic rings. The fourth-order valence-corrected chi connectivity index (χ4v) is 2.79. The third-order valence-electron chi connectivity index (χ3n) is 2.72. The molecule has 0 aromatic heterocycles. The Morgan fingerprint density at radius 3 is 2.45 bits per heavy atom. The number of hydrogen-bond donors (Lipinski definition) is 1. The molecular weight excluding hydrogens is 292 g/mol. The molecule has 0 heterocycles. The Balaban J connectivity index is 2.27. The number of carbonyl (C=O) groups is 1. The molecule has 5 heteroatoms. The second kappa shape index (κ2) is 6.20. The topological polar surface area (TPSA) is 46.3 Å². The van der Waals surface area contributed by atoms with E-state index in [0.717, 1.165) is 9.79 Å². The van der Waals surface area contributed by atoms with Crippen molar-refractivity contribution in [2.75, 3.05) is 19.8 Å². The molecule has 0 radical (unpaired) electrons. The van der Waals surface area contributed by atoms with E-state index in [1.807, 2.05) is 30.3 Å². The average Bonchev–Trinajstić information content (AvgIpc) is 2.42. The lowest BCUT2D eigenvalue weighted by Gasteiger charge is -2.12. The molecule has 2 rings (SSSR count). The largest absolute Gasteiger partial charge is 0.398 e. The van der Waals surface area contributed by atoms with E-state index in [-0.39, 0.29) is 5.91 Å². The number of hydrogen-bond acceptors (Lipinski definition) is 3. The Bertz CT molecular complexity index is 644. The summed E-state index contributed by atoms with van der Waals surface area (Å²) in [6.07, 6.45) is 0. The zero-order chi connectivity index (χ0) is 14.7. The Hall–Kier alpha value is -1.65. The predicted molar refractivity (Wildman–Crippen MR) is 84.4 cm³/mol. The summed E-state index contributed by atoms with van der Waals surface area (Å²) < 4.78 is 0. The highest BCUT2D eigenvalue weighted by atomic mass is 35.5. The molecule has 2 aromatic carbocycles. The van der Waals surface area contributed by atoms with Crippen LogP contribution in [0.4, 0.5) is 5.69 Å². The van der Waals surface area contributed by atoms with E-state index in [0.29, 0.717) is 16.3 Å². The maximum atomic E-state index is 11.9. The second-order valence-corrected chi connectivity index (χ2v) is 5.98. The van der Waals surface area contributed by atoms with Gasteiger partial charge < -0.3 is 10.6 Å². The first-order valence-corrected chi connectivity index (χ1v) is 7.22. The van der Waals surface area contributed by atoms with Gasteiger partial charge in [0.1, 0.15) is 0 Å². The molecule has 104 valence electrons. The van der Waals surface area contributed by atoms with Crippen molar-refractivity contribution >= 4 is 35.0 Å². The Morgan fingerprint density at radius 2 is 1.85 bits per heavy atom. The molecule has 3 nitrogen and oxygen atoms in total. The van der Waals surface area contributed by atoms with Gasteiger partial charge in [-0.25, -0.2) is 0 Å². The lowest BCUT2D eigenvalue weighted by atomic mass is 10.2. The third kappa shape index (κ3) is 3.26. The van der Waals surface area contributed by atoms with Gasteiger partial charge in [0.05, 0.1) is 5.02 Å². The molecule has 0 spiro atoms. The summed E-state index contributed by atoms with van der Waals surface area (Å²) in [5, 5.41) is 0.686. The Morgan fingerprint density at radius 1 is 1.15 bits per heavy atom. The highest BCUT2D eigenvalue weighted by molar-refractivity contribution is 7.99. The van der Waals surface area contributed by atoms with Crippen LogP contribution in [0.15, 0.2) is 52.3 Å². The minimum absolute atomic E-state index is 0.0639. The molecule has 0 aliphatic heterocycles. The third-order valence-corrected chi connectivity index (χ3v) is 4.33. The number of carbonyl (C=O) groups excluding carboxylic acids is 1. The minimum atomic E-state index is -0.0639. The highest BCUT2D eigenvalue weighted by Gasteiger charge is 2.11.